The van der Waals surface area contributed by atoms with Crippen molar-refractivity contribution in [2.75, 3.05) is 37.7 Å². The number of hydrogen-bond donors (Lipinski definition) is 0. The van der Waals surface area contributed by atoms with Gasteiger partial charge in [-0.05, 0) is 24.3 Å². The predicted molar refractivity (Wildman–Crippen MR) is 121 cm³/mol. The third kappa shape index (κ3) is 4.09. The highest BCUT2D eigenvalue weighted by Gasteiger charge is 2.49. The van der Waals surface area contributed by atoms with Crippen molar-refractivity contribution >= 4 is 38.4 Å². The fourth-order valence-corrected chi connectivity index (χ4v) is 7.72. The molecular weight excluding hydrogens is 440 g/mol. The lowest BCUT2D eigenvalue weighted by Crippen LogP contribution is -2.37. The molecule has 164 valence electrons. The van der Waals surface area contributed by atoms with E-state index in [2.05, 4.69) is 4.99 Å². The number of para-hydroxylation sites is 1. The molecule has 1 amide bonds. The van der Waals surface area contributed by atoms with E-state index in [1.165, 1.54) is 33.1 Å². The molecule has 0 spiro atoms. The number of anilines is 1. The van der Waals surface area contributed by atoms with Gasteiger partial charge in [-0.1, -0.05) is 30.0 Å². The summed E-state index contributed by atoms with van der Waals surface area (Å²) in [5.74, 6) is 0.723. The van der Waals surface area contributed by atoms with Crippen molar-refractivity contribution in [1.29, 1.82) is 0 Å². The Hall–Kier alpha value is -2.72. The Labute approximate surface area is 185 Å². The van der Waals surface area contributed by atoms with Crippen molar-refractivity contribution in [1.82, 2.24) is 0 Å². The largest absolute Gasteiger partial charge is 0.493 e. The summed E-state index contributed by atoms with van der Waals surface area (Å²) in [4.78, 5) is 19.3. The summed E-state index contributed by atoms with van der Waals surface area (Å²) in [6, 6.07) is 12.2. The number of fused-ring (bicyclic) bond motifs is 1. The van der Waals surface area contributed by atoms with Gasteiger partial charge in [-0.25, -0.2) is 8.42 Å². The molecule has 2 aromatic carbocycles. The van der Waals surface area contributed by atoms with E-state index in [0.29, 0.717) is 22.4 Å². The van der Waals surface area contributed by atoms with Crippen LogP contribution in [0.4, 0.5) is 5.69 Å². The number of amides is 1. The lowest BCUT2D eigenvalue weighted by Gasteiger charge is -2.24. The van der Waals surface area contributed by atoms with Crippen LogP contribution in [-0.4, -0.2) is 63.6 Å². The first kappa shape index (κ1) is 21.5. The molecule has 2 atom stereocenters. The monoisotopic (exact) mass is 462 g/mol. The van der Waals surface area contributed by atoms with E-state index in [9.17, 15) is 13.2 Å². The number of nitrogens with zero attached hydrogens (tertiary/aromatic N) is 2. The number of benzene rings is 2. The maximum atomic E-state index is 13.1. The number of amidine groups is 1. The number of ether oxygens (including phenoxy) is 3. The molecule has 0 saturated carbocycles. The van der Waals surface area contributed by atoms with Crippen LogP contribution in [0.3, 0.4) is 0 Å². The molecule has 4 rings (SSSR count). The highest BCUT2D eigenvalue weighted by atomic mass is 32.2. The summed E-state index contributed by atoms with van der Waals surface area (Å²) in [5, 5.41) is 0.312. The van der Waals surface area contributed by atoms with Gasteiger partial charge >= 0.3 is 0 Å². The number of hydrogen-bond acceptors (Lipinski definition) is 7. The minimum Gasteiger partial charge on any atom is -0.493 e. The van der Waals surface area contributed by atoms with Crippen LogP contribution in [0.2, 0.25) is 0 Å². The Balaban J connectivity index is 1.73. The second kappa shape index (κ2) is 8.43. The number of aliphatic imine (C=N–C) groups is 1. The van der Waals surface area contributed by atoms with Crippen LogP contribution in [0.5, 0.6) is 17.2 Å². The van der Waals surface area contributed by atoms with Crippen LogP contribution in [0.15, 0.2) is 47.5 Å². The molecule has 2 aromatic rings. The predicted octanol–water partition coefficient (Wildman–Crippen LogP) is 2.63. The minimum atomic E-state index is -3.13. The van der Waals surface area contributed by atoms with E-state index in [4.69, 9.17) is 14.2 Å². The smallest absolute Gasteiger partial charge is 0.279 e. The Kier molecular flexibility index (Phi) is 5.85. The zero-order valence-corrected chi connectivity index (χ0v) is 18.9. The van der Waals surface area contributed by atoms with Crippen LogP contribution in [0, 0.1) is 0 Å². The van der Waals surface area contributed by atoms with Crippen molar-refractivity contribution in [2.45, 2.75) is 11.3 Å². The third-order valence-corrected chi connectivity index (χ3v) is 8.42. The number of thioether (sulfide) groups is 1. The van der Waals surface area contributed by atoms with Crippen molar-refractivity contribution in [3.8, 4) is 17.2 Å². The highest BCUT2D eigenvalue weighted by Crippen LogP contribution is 2.42. The van der Waals surface area contributed by atoms with E-state index in [1.54, 1.807) is 12.1 Å². The zero-order valence-electron chi connectivity index (χ0n) is 17.3. The standard InChI is InChI=1S/C21H22N2O6S2/c1-27-16-9-13(10-17(28-2)19(16)29-3)20(24)22-21-23(14-7-5-4-6-8-14)15-11-31(25,26)12-18(15)30-21/h4-10,15,18H,11-12H2,1-3H3/t15-,18-/m0/s1. The second-order valence-corrected chi connectivity index (χ2v) is 10.5. The fraction of sp³-hybridized carbons (Fsp3) is 0.333. The Morgan fingerprint density at radius 3 is 2.26 bits per heavy atom. The van der Waals surface area contributed by atoms with Crippen molar-refractivity contribution in [2.24, 2.45) is 4.99 Å². The third-order valence-electron chi connectivity index (χ3n) is 5.21. The summed E-state index contributed by atoms with van der Waals surface area (Å²) in [5.41, 5.74) is 1.08. The average Bonchev–Trinajstić information content (AvgIpc) is 3.23. The number of methoxy groups -OCH3 is 3. The maximum absolute atomic E-state index is 13.1. The molecule has 0 radical (unpaired) electrons. The Morgan fingerprint density at radius 2 is 1.68 bits per heavy atom. The van der Waals surface area contributed by atoms with Gasteiger partial charge in [-0.3, -0.25) is 4.79 Å². The fourth-order valence-electron chi connectivity index (χ4n) is 3.81. The van der Waals surface area contributed by atoms with Gasteiger partial charge in [0.25, 0.3) is 5.91 Å². The topological polar surface area (TPSA) is 94.5 Å². The van der Waals surface area contributed by atoms with Crippen molar-refractivity contribution < 1.29 is 27.4 Å². The quantitative estimate of drug-likeness (QED) is 0.669. The molecule has 2 fully saturated rings. The maximum Gasteiger partial charge on any atom is 0.279 e. The highest BCUT2D eigenvalue weighted by molar-refractivity contribution is 8.16. The van der Waals surface area contributed by atoms with Crippen molar-refractivity contribution in [3.63, 3.8) is 0 Å². The van der Waals surface area contributed by atoms with Crippen LogP contribution in [-0.2, 0) is 9.84 Å². The van der Waals surface area contributed by atoms with E-state index in [-0.39, 0.29) is 28.4 Å². The molecule has 31 heavy (non-hydrogen) atoms. The van der Waals surface area contributed by atoms with Gasteiger partial charge in [0.1, 0.15) is 0 Å². The molecule has 2 saturated heterocycles. The molecule has 0 N–H and O–H groups in total. The lowest BCUT2D eigenvalue weighted by molar-refractivity contribution is 0.100. The summed E-state index contributed by atoms with van der Waals surface area (Å²) in [6.07, 6.45) is 0. The normalized spacial score (nSPS) is 22.9. The van der Waals surface area contributed by atoms with Gasteiger partial charge in [0.15, 0.2) is 26.5 Å². The number of rotatable bonds is 5. The van der Waals surface area contributed by atoms with Crippen molar-refractivity contribution in [3.05, 3.63) is 48.0 Å². The van der Waals surface area contributed by atoms with Gasteiger partial charge in [0.05, 0.1) is 38.9 Å². The van der Waals surface area contributed by atoms with Crippen LogP contribution in [0.25, 0.3) is 0 Å². The molecule has 2 heterocycles. The Bertz CT molecular complexity index is 1110. The van der Waals surface area contributed by atoms with Gasteiger partial charge in [-0.2, -0.15) is 4.99 Å². The van der Waals surface area contributed by atoms with Crippen LogP contribution >= 0.6 is 11.8 Å². The average molecular weight is 463 g/mol. The molecule has 2 aliphatic rings. The molecule has 10 heteroatoms. The van der Waals surface area contributed by atoms with E-state index < -0.39 is 15.7 Å². The molecule has 2 aliphatic heterocycles. The Morgan fingerprint density at radius 1 is 1.03 bits per heavy atom. The molecule has 0 aromatic heterocycles. The summed E-state index contributed by atoms with van der Waals surface area (Å²) >= 11 is 1.33. The lowest BCUT2D eigenvalue weighted by atomic mass is 10.1. The van der Waals surface area contributed by atoms with Gasteiger partial charge in [0.2, 0.25) is 5.75 Å². The first-order valence-corrected chi connectivity index (χ1v) is 12.2. The molecular formula is C21H22N2O6S2. The summed E-state index contributed by atoms with van der Waals surface area (Å²) < 4.78 is 40.3. The minimum absolute atomic E-state index is 0.0386. The van der Waals surface area contributed by atoms with E-state index in [0.717, 1.165) is 5.69 Å². The number of sulfone groups is 1. The molecule has 0 unspecified atom stereocenters. The first-order chi connectivity index (χ1) is 14.9. The first-order valence-electron chi connectivity index (χ1n) is 9.51. The van der Waals surface area contributed by atoms with E-state index >= 15 is 0 Å². The van der Waals surface area contributed by atoms with Gasteiger partial charge in [-0.15, -0.1) is 0 Å². The number of carbonyl (C=O) groups is 1. The molecule has 0 bridgehead atoms. The summed E-state index contributed by atoms with van der Waals surface area (Å²) in [6.45, 7) is 0. The molecule has 0 aliphatic carbocycles. The van der Waals surface area contributed by atoms with Crippen LogP contribution in [0.1, 0.15) is 10.4 Å². The molecule has 8 nitrogen and oxygen atoms in total. The summed E-state index contributed by atoms with van der Waals surface area (Å²) in [7, 11) is 1.31. The van der Waals surface area contributed by atoms with E-state index in [1.807, 2.05) is 35.2 Å². The second-order valence-electron chi connectivity index (χ2n) is 7.12. The van der Waals surface area contributed by atoms with Gasteiger partial charge in [0, 0.05) is 16.5 Å². The van der Waals surface area contributed by atoms with Crippen LogP contribution < -0.4 is 19.1 Å². The van der Waals surface area contributed by atoms with Gasteiger partial charge < -0.3 is 19.1 Å². The SMILES string of the molecule is COc1cc(C(=O)N=C2S[C@H]3CS(=O)(=O)C[C@@H]3N2c2ccccc2)cc(OC)c1OC. The zero-order chi connectivity index (χ0) is 22.2. The number of carbonyl (C=O) groups excluding carboxylic acids is 1.